The Morgan fingerprint density at radius 3 is 2.25 bits per heavy atom. The zero-order valence-corrected chi connectivity index (χ0v) is 13.6. The first-order valence-electron chi connectivity index (χ1n) is 7.97. The molecule has 2 N–H and O–H groups in total. The number of para-hydroxylation sites is 1. The van der Waals surface area contributed by atoms with Crippen molar-refractivity contribution in [3.8, 4) is 11.1 Å². The minimum absolute atomic E-state index is 0.0704. The highest BCUT2D eigenvalue weighted by Gasteiger charge is 2.08. The summed E-state index contributed by atoms with van der Waals surface area (Å²) < 4.78 is 0. The highest BCUT2D eigenvalue weighted by atomic mass is 16.1. The van der Waals surface area contributed by atoms with E-state index in [9.17, 15) is 4.79 Å². The molecule has 3 aromatic carbocycles. The molecule has 0 heterocycles. The lowest BCUT2D eigenvalue weighted by molar-refractivity contribution is -0.114. The molecule has 0 aliphatic carbocycles. The van der Waals surface area contributed by atoms with Gasteiger partial charge in [0.2, 0.25) is 5.91 Å². The summed E-state index contributed by atoms with van der Waals surface area (Å²) in [4.78, 5) is 12.3. The lowest BCUT2D eigenvalue weighted by Gasteiger charge is -2.12. The maximum Gasteiger partial charge on any atom is 0.243 e. The van der Waals surface area contributed by atoms with Crippen molar-refractivity contribution in [3.63, 3.8) is 0 Å². The molecule has 1 amide bonds. The second-order valence-electron chi connectivity index (χ2n) is 5.68. The van der Waals surface area contributed by atoms with Crippen LogP contribution in [0.25, 0.3) is 11.1 Å². The second-order valence-corrected chi connectivity index (χ2v) is 5.68. The number of amides is 1. The molecule has 24 heavy (non-hydrogen) atoms. The molecule has 3 nitrogen and oxygen atoms in total. The molecule has 3 rings (SSSR count). The normalized spacial score (nSPS) is 10.2. The summed E-state index contributed by atoms with van der Waals surface area (Å²) in [5.74, 6) is -0.0704. The Balaban J connectivity index is 1.67. The van der Waals surface area contributed by atoms with E-state index in [0.717, 1.165) is 22.5 Å². The van der Waals surface area contributed by atoms with Crippen molar-refractivity contribution in [1.29, 1.82) is 0 Å². The molecule has 0 spiro atoms. The summed E-state index contributed by atoms with van der Waals surface area (Å²) in [6.07, 6.45) is 0. The Morgan fingerprint density at radius 1 is 0.833 bits per heavy atom. The van der Waals surface area contributed by atoms with Crippen LogP contribution in [-0.2, 0) is 4.79 Å². The van der Waals surface area contributed by atoms with Gasteiger partial charge in [-0.3, -0.25) is 4.79 Å². The minimum Gasteiger partial charge on any atom is -0.376 e. The van der Waals surface area contributed by atoms with Crippen LogP contribution in [0.5, 0.6) is 0 Å². The van der Waals surface area contributed by atoms with Gasteiger partial charge in [-0.05, 0) is 30.7 Å². The van der Waals surface area contributed by atoms with Crippen LogP contribution in [-0.4, -0.2) is 12.5 Å². The van der Waals surface area contributed by atoms with Crippen molar-refractivity contribution < 1.29 is 4.79 Å². The summed E-state index contributed by atoms with van der Waals surface area (Å²) in [6.45, 7) is 2.27. The smallest absolute Gasteiger partial charge is 0.243 e. The van der Waals surface area contributed by atoms with Crippen LogP contribution < -0.4 is 10.6 Å². The molecule has 0 atom stereocenters. The van der Waals surface area contributed by atoms with E-state index >= 15 is 0 Å². The predicted octanol–water partition coefficient (Wildman–Crippen LogP) is 4.71. The number of hydrogen-bond acceptors (Lipinski definition) is 2. The van der Waals surface area contributed by atoms with Gasteiger partial charge in [0, 0.05) is 16.9 Å². The Bertz CT molecular complexity index is 811. The highest BCUT2D eigenvalue weighted by molar-refractivity contribution is 5.97. The van der Waals surface area contributed by atoms with E-state index in [0.29, 0.717) is 0 Å². The number of hydrogen-bond donors (Lipinski definition) is 2. The van der Waals surface area contributed by atoms with Gasteiger partial charge in [0.15, 0.2) is 0 Å². The number of rotatable bonds is 5. The van der Waals surface area contributed by atoms with Gasteiger partial charge in [-0.25, -0.2) is 0 Å². The van der Waals surface area contributed by atoms with E-state index in [-0.39, 0.29) is 12.5 Å². The zero-order valence-electron chi connectivity index (χ0n) is 13.6. The lowest BCUT2D eigenvalue weighted by Crippen LogP contribution is -2.22. The van der Waals surface area contributed by atoms with Gasteiger partial charge in [-0.1, -0.05) is 66.2 Å². The summed E-state index contributed by atoms with van der Waals surface area (Å²) in [6, 6.07) is 25.9. The van der Waals surface area contributed by atoms with Crippen LogP contribution in [0.1, 0.15) is 5.56 Å². The Hall–Kier alpha value is -3.07. The first kappa shape index (κ1) is 15.8. The van der Waals surface area contributed by atoms with E-state index in [1.807, 2.05) is 85.8 Å². The SMILES string of the molecule is Cc1ccc(NCC(=O)Nc2ccccc2-c2ccccc2)cc1. The van der Waals surface area contributed by atoms with E-state index in [1.165, 1.54) is 5.56 Å². The fraction of sp³-hybridized carbons (Fsp3) is 0.0952. The van der Waals surface area contributed by atoms with E-state index < -0.39 is 0 Å². The molecule has 0 unspecified atom stereocenters. The van der Waals surface area contributed by atoms with Crippen LogP contribution in [0.15, 0.2) is 78.9 Å². The molecule has 120 valence electrons. The van der Waals surface area contributed by atoms with Gasteiger partial charge < -0.3 is 10.6 Å². The maximum absolute atomic E-state index is 12.3. The molecule has 0 aliphatic rings. The molecule has 3 heteroatoms. The van der Waals surface area contributed by atoms with Crippen molar-refractivity contribution in [2.45, 2.75) is 6.92 Å². The second kappa shape index (κ2) is 7.47. The number of benzene rings is 3. The molecule has 0 radical (unpaired) electrons. The summed E-state index contributed by atoms with van der Waals surface area (Å²) in [5.41, 5.74) is 5.05. The topological polar surface area (TPSA) is 41.1 Å². The number of anilines is 2. The average molecular weight is 316 g/mol. The number of carbonyl (C=O) groups excluding carboxylic acids is 1. The molecule has 0 bridgehead atoms. The molecule has 0 aliphatic heterocycles. The maximum atomic E-state index is 12.3. The highest BCUT2D eigenvalue weighted by Crippen LogP contribution is 2.27. The third-order valence-corrected chi connectivity index (χ3v) is 3.79. The van der Waals surface area contributed by atoms with Gasteiger partial charge in [0.25, 0.3) is 0 Å². The predicted molar refractivity (Wildman–Crippen MR) is 100 cm³/mol. The van der Waals surface area contributed by atoms with Gasteiger partial charge in [0.05, 0.1) is 6.54 Å². The van der Waals surface area contributed by atoms with Gasteiger partial charge >= 0.3 is 0 Å². The van der Waals surface area contributed by atoms with Gasteiger partial charge in [-0.15, -0.1) is 0 Å². The van der Waals surface area contributed by atoms with E-state index in [1.54, 1.807) is 0 Å². The van der Waals surface area contributed by atoms with Crippen LogP contribution in [0.2, 0.25) is 0 Å². The van der Waals surface area contributed by atoms with Gasteiger partial charge in [-0.2, -0.15) is 0 Å². The van der Waals surface area contributed by atoms with Crippen molar-refractivity contribution in [1.82, 2.24) is 0 Å². The third-order valence-electron chi connectivity index (χ3n) is 3.79. The van der Waals surface area contributed by atoms with Crippen molar-refractivity contribution in [2.75, 3.05) is 17.2 Å². The Kier molecular flexibility index (Phi) is 4.92. The van der Waals surface area contributed by atoms with Crippen molar-refractivity contribution in [3.05, 3.63) is 84.4 Å². The lowest BCUT2D eigenvalue weighted by atomic mass is 10.0. The minimum atomic E-state index is -0.0704. The Labute approximate surface area is 142 Å². The first-order valence-corrected chi connectivity index (χ1v) is 7.97. The van der Waals surface area contributed by atoms with Crippen LogP contribution >= 0.6 is 0 Å². The molecule has 3 aromatic rings. The number of nitrogens with one attached hydrogen (secondary N) is 2. The zero-order chi connectivity index (χ0) is 16.8. The van der Waals surface area contributed by atoms with E-state index in [2.05, 4.69) is 10.6 Å². The van der Waals surface area contributed by atoms with Crippen LogP contribution in [0.4, 0.5) is 11.4 Å². The largest absolute Gasteiger partial charge is 0.376 e. The molecular weight excluding hydrogens is 296 g/mol. The van der Waals surface area contributed by atoms with Gasteiger partial charge in [0.1, 0.15) is 0 Å². The number of aryl methyl sites for hydroxylation is 1. The molecule has 0 saturated heterocycles. The quantitative estimate of drug-likeness (QED) is 0.715. The van der Waals surface area contributed by atoms with Crippen LogP contribution in [0.3, 0.4) is 0 Å². The monoisotopic (exact) mass is 316 g/mol. The first-order chi connectivity index (χ1) is 11.7. The molecule has 0 saturated carbocycles. The average Bonchev–Trinajstić information content (AvgIpc) is 2.62. The summed E-state index contributed by atoms with van der Waals surface area (Å²) in [5, 5.41) is 6.13. The molecular formula is C21H20N2O. The van der Waals surface area contributed by atoms with E-state index in [4.69, 9.17) is 0 Å². The summed E-state index contributed by atoms with van der Waals surface area (Å²) in [7, 11) is 0. The fourth-order valence-corrected chi connectivity index (χ4v) is 2.51. The fourth-order valence-electron chi connectivity index (χ4n) is 2.51. The van der Waals surface area contributed by atoms with Crippen LogP contribution in [0, 0.1) is 6.92 Å². The van der Waals surface area contributed by atoms with Crippen molar-refractivity contribution in [2.24, 2.45) is 0 Å². The third kappa shape index (κ3) is 4.02. The summed E-state index contributed by atoms with van der Waals surface area (Å²) >= 11 is 0. The molecule has 0 aromatic heterocycles. The molecule has 0 fully saturated rings. The standard InChI is InChI=1S/C21H20N2O/c1-16-11-13-18(14-12-16)22-15-21(24)23-20-10-6-5-9-19(20)17-7-3-2-4-8-17/h2-14,22H,15H2,1H3,(H,23,24). The number of carbonyl (C=O) groups is 1. The van der Waals surface area contributed by atoms with Crippen molar-refractivity contribution >= 4 is 17.3 Å². The Morgan fingerprint density at radius 2 is 1.50 bits per heavy atom.